The number of rotatable bonds is 4. The van der Waals surface area contributed by atoms with E-state index in [0.717, 1.165) is 15.7 Å². The maximum absolute atomic E-state index is 9.64. The Morgan fingerprint density at radius 3 is 2.53 bits per heavy atom. The summed E-state index contributed by atoms with van der Waals surface area (Å²) in [6.45, 7) is 0.410. The summed E-state index contributed by atoms with van der Waals surface area (Å²) >= 11 is 3.36. The lowest BCUT2D eigenvalue weighted by atomic mass is 10.2. The van der Waals surface area contributed by atoms with Crippen LogP contribution in [0.25, 0.3) is 0 Å². The summed E-state index contributed by atoms with van der Waals surface area (Å²) in [4.78, 5) is 0. The summed E-state index contributed by atoms with van der Waals surface area (Å²) < 4.78 is 5.98. The first-order valence-electron chi connectivity index (χ1n) is 5.68. The lowest BCUT2D eigenvalue weighted by Crippen LogP contribution is -1.86. The molecule has 0 radical (unpaired) electrons. The van der Waals surface area contributed by atoms with Gasteiger partial charge in [-0.1, -0.05) is 22.0 Å². The van der Waals surface area contributed by atoms with Crippen LogP contribution in [0.2, 0.25) is 0 Å². The minimum Gasteiger partial charge on any atom is -0.504 e. The van der Waals surface area contributed by atoms with Gasteiger partial charge < -0.3 is 9.84 Å². The standard InChI is InChI=1S/C14H13BrN2O2/c1-19-14-7-2-10(8-13(14)18)9-16-17-12-5-3-11(15)4-6-12/h2-8,18H,9H2,1H3. The van der Waals surface area contributed by atoms with Crippen molar-refractivity contribution in [3.63, 3.8) is 0 Å². The molecule has 0 aliphatic rings. The van der Waals surface area contributed by atoms with Crippen LogP contribution < -0.4 is 4.74 Å². The molecule has 0 aliphatic heterocycles. The first-order chi connectivity index (χ1) is 9.19. The van der Waals surface area contributed by atoms with Crippen molar-refractivity contribution < 1.29 is 9.84 Å². The number of ether oxygens (including phenoxy) is 1. The fraction of sp³-hybridized carbons (Fsp3) is 0.143. The third-order valence-corrected chi connectivity index (χ3v) is 3.04. The number of hydrogen-bond acceptors (Lipinski definition) is 4. The average Bonchev–Trinajstić information content (AvgIpc) is 2.41. The van der Waals surface area contributed by atoms with Gasteiger partial charge in [-0.15, -0.1) is 0 Å². The Bertz CT molecular complexity index is 582. The normalized spacial score (nSPS) is 10.8. The predicted molar refractivity (Wildman–Crippen MR) is 77.0 cm³/mol. The van der Waals surface area contributed by atoms with Gasteiger partial charge in [0.25, 0.3) is 0 Å². The largest absolute Gasteiger partial charge is 0.504 e. The molecule has 19 heavy (non-hydrogen) atoms. The molecule has 0 saturated carbocycles. The van der Waals surface area contributed by atoms with Crippen molar-refractivity contribution in [3.05, 3.63) is 52.5 Å². The summed E-state index contributed by atoms with van der Waals surface area (Å²) in [6.07, 6.45) is 0. The number of nitrogens with zero attached hydrogens (tertiary/aromatic N) is 2. The number of benzene rings is 2. The Labute approximate surface area is 119 Å². The molecular formula is C14H13BrN2O2. The lowest BCUT2D eigenvalue weighted by Gasteiger charge is -2.03. The van der Waals surface area contributed by atoms with Crippen molar-refractivity contribution in [1.82, 2.24) is 0 Å². The molecule has 5 heteroatoms. The van der Waals surface area contributed by atoms with Crippen LogP contribution in [-0.4, -0.2) is 12.2 Å². The van der Waals surface area contributed by atoms with Crippen molar-refractivity contribution in [2.24, 2.45) is 10.2 Å². The van der Waals surface area contributed by atoms with E-state index in [1.54, 1.807) is 12.1 Å². The van der Waals surface area contributed by atoms with Crippen molar-refractivity contribution in [2.75, 3.05) is 7.11 Å². The van der Waals surface area contributed by atoms with Gasteiger partial charge in [0.1, 0.15) is 0 Å². The first kappa shape index (κ1) is 13.5. The highest BCUT2D eigenvalue weighted by Crippen LogP contribution is 2.26. The molecule has 2 rings (SSSR count). The van der Waals surface area contributed by atoms with E-state index >= 15 is 0 Å². The van der Waals surface area contributed by atoms with Crippen molar-refractivity contribution in [1.29, 1.82) is 0 Å². The van der Waals surface area contributed by atoms with E-state index in [0.29, 0.717) is 12.3 Å². The van der Waals surface area contributed by atoms with Crippen LogP contribution in [0, 0.1) is 0 Å². The van der Waals surface area contributed by atoms with Crippen LogP contribution in [0.4, 0.5) is 5.69 Å². The Hall–Kier alpha value is -1.88. The highest BCUT2D eigenvalue weighted by molar-refractivity contribution is 9.10. The second kappa shape index (κ2) is 6.33. The van der Waals surface area contributed by atoms with E-state index in [1.165, 1.54) is 7.11 Å². The molecule has 0 heterocycles. The molecule has 2 aromatic carbocycles. The Morgan fingerprint density at radius 2 is 1.89 bits per heavy atom. The molecule has 0 bridgehead atoms. The molecule has 2 aromatic rings. The molecule has 0 spiro atoms. The van der Waals surface area contributed by atoms with Gasteiger partial charge in [0.2, 0.25) is 0 Å². The lowest BCUT2D eigenvalue weighted by molar-refractivity contribution is 0.373. The summed E-state index contributed by atoms with van der Waals surface area (Å²) in [7, 11) is 1.52. The van der Waals surface area contributed by atoms with Crippen LogP contribution in [0.5, 0.6) is 11.5 Å². The average molecular weight is 321 g/mol. The minimum atomic E-state index is 0.110. The van der Waals surface area contributed by atoms with E-state index in [4.69, 9.17) is 4.74 Å². The van der Waals surface area contributed by atoms with Gasteiger partial charge in [0.15, 0.2) is 11.5 Å². The smallest absolute Gasteiger partial charge is 0.160 e. The second-order valence-electron chi connectivity index (χ2n) is 3.88. The minimum absolute atomic E-state index is 0.110. The topological polar surface area (TPSA) is 54.2 Å². The van der Waals surface area contributed by atoms with E-state index in [-0.39, 0.29) is 5.75 Å². The van der Waals surface area contributed by atoms with E-state index in [9.17, 15) is 5.11 Å². The summed E-state index contributed by atoms with van der Waals surface area (Å²) in [5.41, 5.74) is 1.67. The Balaban J connectivity index is 2.02. The van der Waals surface area contributed by atoms with E-state index < -0.39 is 0 Å². The van der Waals surface area contributed by atoms with Gasteiger partial charge in [-0.3, -0.25) is 0 Å². The zero-order valence-electron chi connectivity index (χ0n) is 10.4. The van der Waals surface area contributed by atoms with Gasteiger partial charge in [-0.05, 0) is 42.0 Å². The van der Waals surface area contributed by atoms with Gasteiger partial charge >= 0.3 is 0 Å². The molecule has 0 aromatic heterocycles. The third-order valence-electron chi connectivity index (χ3n) is 2.51. The number of methoxy groups -OCH3 is 1. The fourth-order valence-corrected chi connectivity index (χ4v) is 1.80. The molecule has 0 amide bonds. The number of azo groups is 1. The molecule has 98 valence electrons. The third kappa shape index (κ3) is 3.79. The number of hydrogen-bond donors (Lipinski definition) is 1. The SMILES string of the molecule is COc1ccc(CN=Nc2ccc(Br)cc2)cc1O. The summed E-state index contributed by atoms with van der Waals surface area (Å²) in [5.74, 6) is 0.562. The molecule has 0 aliphatic carbocycles. The van der Waals surface area contributed by atoms with Gasteiger partial charge in [0.05, 0.1) is 19.3 Å². The van der Waals surface area contributed by atoms with Crippen LogP contribution in [-0.2, 0) is 6.54 Å². The zero-order valence-corrected chi connectivity index (χ0v) is 12.0. The number of phenols is 1. The van der Waals surface area contributed by atoms with Gasteiger partial charge in [-0.2, -0.15) is 10.2 Å². The van der Waals surface area contributed by atoms with Crippen LogP contribution in [0.1, 0.15) is 5.56 Å². The van der Waals surface area contributed by atoms with Crippen LogP contribution >= 0.6 is 15.9 Å². The maximum atomic E-state index is 9.64. The number of phenolic OH excluding ortho intramolecular Hbond substituents is 1. The Morgan fingerprint density at radius 1 is 1.16 bits per heavy atom. The van der Waals surface area contributed by atoms with E-state index in [1.807, 2.05) is 30.3 Å². The van der Waals surface area contributed by atoms with Gasteiger partial charge in [0, 0.05) is 4.47 Å². The first-order valence-corrected chi connectivity index (χ1v) is 6.47. The van der Waals surface area contributed by atoms with Gasteiger partial charge in [-0.25, -0.2) is 0 Å². The van der Waals surface area contributed by atoms with E-state index in [2.05, 4.69) is 26.2 Å². The Kier molecular flexibility index (Phi) is 4.52. The summed E-state index contributed by atoms with van der Waals surface area (Å²) in [6, 6.07) is 12.7. The number of halogens is 1. The molecule has 4 nitrogen and oxygen atoms in total. The molecule has 0 unspecified atom stereocenters. The molecular weight excluding hydrogens is 308 g/mol. The number of aromatic hydroxyl groups is 1. The van der Waals surface area contributed by atoms with Crippen LogP contribution in [0.15, 0.2) is 57.2 Å². The predicted octanol–water partition coefficient (Wildman–Crippen LogP) is 4.45. The highest BCUT2D eigenvalue weighted by Gasteiger charge is 2.01. The maximum Gasteiger partial charge on any atom is 0.160 e. The summed E-state index contributed by atoms with van der Waals surface area (Å²) in [5, 5.41) is 17.8. The molecule has 0 atom stereocenters. The molecule has 0 saturated heterocycles. The molecule has 1 N–H and O–H groups in total. The fourth-order valence-electron chi connectivity index (χ4n) is 1.54. The monoisotopic (exact) mass is 320 g/mol. The highest BCUT2D eigenvalue weighted by atomic mass is 79.9. The van der Waals surface area contributed by atoms with Crippen molar-refractivity contribution >= 4 is 21.6 Å². The van der Waals surface area contributed by atoms with Crippen LogP contribution in [0.3, 0.4) is 0 Å². The van der Waals surface area contributed by atoms with Crippen molar-refractivity contribution in [3.8, 4) is 11.5 Å². The van der Waals surface area contributed by atoms with Crippen molar-refractivity contribution in [2.45, 2.75) is 6.54 Å². The second-order valence-corrected chi connectivity index (χ2v) is 4.80. The quantitative estimate of drug-likeness (QED) is 0.846. The molecule has 0 fully saturated rings. The zero-order chi connectivity index (χ0) is 13.7.